The fraction of sp³-hybridized carbons (Fsp3) is 0.789. The highest BCUT2D eigenvalue weighted by molar-refractivity contribution is 5.33. The van der Waals surface area contributed by atoms with Gasteiger partial charge in [0.1, 0.15) is 0 Å². The summed E-state index contributed by atoms with van der Waals surface area (Å²) in [4.78, 5) is 0. The van der Waals surface area contributed by atoms with Gasteiger partial charge in [-0.15, -0.1) is 0 Å². The molecule has 21 heavy (non-hydrogen) atoms. The minimum atomic E-state index is -0.0723. The van der Waals surface area contributed by atoms with Gasteiger partial charge < -0.3 is 10.8 Å². The van der Waals surface area contributed by atoms with Crippen molar-refractivity contribution in [2.75, 3.05) is 0 Å². The Morgan fingerprint density at radius 2 is 2.00 bits per heavy atom. The Morgan fingerprint density at radius 1 is 1.19 bits per heavy atom. The summed E-state index contributed by atoms with van der Waals surface area (Å²) in [5, 5.41) is 10.5. The van der Waals surface area contributed by atoms with Crippen LogP contribution in [0.4, 0.5) is 0 Å². The molecule has 4 aliphatic carbocycles. The molecule has 2 saturated carbocycles. The summed E-state index contributed by atoms with van der Waals surface area (Å²) >= 11 is 0. The van der Waals surface area contributed by atoms with Gasteiger partial charge in [-0.05, 0) is 61.7 Å². The Kier molecular flexibility index (Phi) is 2.97. The molecule has 0 bridgehead atoms. The van der Waals surface area contributed by atoms with Crippen LogP contribution in [0.25, 0.3) is 0 Å². The van der Waals surface area contributed by atoms with E-state index in [2.05, 4.69) is 32.1 Å². The third-order valence-electron chi connectivity index (χ3n) is 7.63. The van der Waals surface area contributed by atoms with Gasteiger partial charge in [-0.1, -0.05) is 37.6 Å². The summed E-state index contributed by atoms with van der Waals surface area (Å²) < 4.78 is 0. The quantitative estimate of drug-likeness (QED) is 0.671. The summed E-state index contributed by atoms with van der Waals surface area (Å²) in [7, 11) is 0. The second-order valence-corrected chi connectivity index (χ2v) is 8.49. The van der Waals surface area contributed by atoms with Crippen LogP contribution in [-0.4, -0.2) is 17.3 Å². The smallest absolute Gasteiger partial charge is 0.0596 e. The van der Waals surface area contributed by atoms with Crippen molar-refractivity contribution in [1.29, 1.82) is 0 Å². The van der Waals surface area contributed by atoms with Gasteiger partial charge in [-0.3, -0.25) is 0 Å². The molecule has 0 aliphatic heterocycles. The Morgan fingerprint density at radius 3 is 2.81 bits per heavy atom. The Labute approximate surface area is 128 Å². The van der Waals surface area contributed by atoms with Gasteiger partial charge in [-0.2, -0.15) is 0 Å². The number of hydrogen-bond acceptors (Lipinski definition) is 2. The van der Waals surface area contributed by atoms with E-state index in [4.69, 9.17) is 5.73 Å². The van der Waals surface area contributed by atoms with Gasteiger partial charge in [0, 0.05) is 11.5 Å². The van der Waals surface area contributed by atoms with Crippen molar-refractivity contribution in [1.82, 2.24) is 0 Å². The number of aliphatic hydroxyl groups is 1. The van der Waals surface area contributed by atoms with Crippen LogP contribution in [0.3, 0.4) is 0 Å². The predicted octanol–water partition coefficient (Wildman–Crippen LogP) is 3.41. The van der Waals surface area contributed by atoms with Gasteiger partial charge in [0.15, 0.2) is 0 Å². The second kappa shape index (κ2) is 4.45. The maximum absolute atomic E-state index is 10.5. The molecule has 2 fully saturated rings. The maximum Gasteiger partial charge on any atom is 0.0596 e. The summed E-state index contributed by atoms with van der Waals surface area (Å²) in [6, 6.07) is 0.211. The van der Waals surface area contributed by atoms with Crippen LogP contribution in [0.15, 0.2) is 23.8 Å². The summed E-state index contributed by atoms with van der Waals surface area (Å²) in [6.45, 7) is 4.78. The second-order valence-electron chi connectivity index (χ2n) is 8.49. The van der Waals surface area contributed by atoms with E-state index >= 15 is 0 Å². The van der Waals surface area contributed by atoms with Gasteiger partial charge in [-0.25, -0.2) is 0 Å². The molecule has 0 saturated heterocycles. The van der Waals surface area contributed by atoms with Crippen molar-refractivity contribution < 1.29 is 5.11 Å². The minimum absolute atomic E-state index is 0.0723. The first-order valence-corrected chi connectivity index (χ1v) is 8.77. The zero-order chi connectivity index (χ0) is 14.8. The number of rotatable bonds is 0. The van der Waals surface area contributed by atoms with Crippen LogP contribution in [0.5, 0.6) is 0 Å². The lowest BCUT2D eigenvalue weighted by atomic mass is 9.49. The fourth-order valence-electron chi connectivity index (χ4n) is 6.25. The first kappa shape index (κ1) is 14.0. The van der Waals surface area contributed by atoms with Crippen molar-refractivity contribution >= 4 is 0 Å². The molecule has 0 spiro atoms. The van der Waals surface area contributed by atoms with E-state index in [1.807, 2.05) is 0 Å². The van der Waals surface area contributed by atoms with Crippen LogP contribution in [0.2, 0.25) is 0 Å². The van der Waals surface area contributed by atoms with Crippen LogP contribution >= 0.6 is 0 Å². The zero-order valence-electron chi connectivity index (χ0n) is 13.4. The van der Waals surface area contributed by atoms with Gasteiger partial charge in [0.05, 0.1) is 6.10 Å². The first-order chi connectivity index (χ1) is 9.95. The summed E-state index contributed by atoms with van der Waals surface area (Å²) in [5.74, 6) is 2.23. The number of aliphatic hydroxyl groups excluding tert-OH is 1. The molecular weight excluding hydrogens is 258 g/mol. The normalized spacial score (nSPS) is 55.4. The van der Waals surface area contributed by atoms with Crippen LogP contribution < -0.4 is 5.73 Å². The average molecular weight is 287 g/mol. The number of nitrogens with two attached hydrogens (primary N) is 1. The highest BCUT2D eigenvalue weighted by atomic mass is 16.3. The molecule has 3 N–H and O–H groups in total. The molecule has 4 rings (SSSR count). The lowest BCUT2D eigenvalue weighted by molar-refractivity contribution is -0.0542. The molecule has 4 aliphatic rings. The van der Waals surface area contributed by atoms with Crippen LogP contribution in [-0.2, 0) is 0 Å². The fourth-order valence-corrected chi connectivity index (χ4v) is 6.25. The molecule has 0 aromatic rings. The SMILES string of the molecule is C[C@]12CC[C@H]3[C@@H](CC=C4C[C@@H](N)C=C[C@@]43C)[C@@H]1CC[C@@H]2O. The van der Waals surface area contributed by atoms with Gasteiger partial charge in [0.2, 0.25) is 0 Å². The molecule has 2 nitrogen and oxygen atoms in total. The maximum atomic E-state index is 10.5. The Bertz CT molecular complexity index is 510. The molecule has 116 valence electrons. The van der Waals surface area contributed by atoms with E-state index in [1.54, 1.807) is 5.57 Å². The van der Waals surface area contributed by atoms with Crippen molar-refractivity contribution in [2.45, 2.75) is 64.5 Å². The van der Waals surface area contributed by atoms with E-state index in [9.17, 15) is 5.11 Å². The van der Waals surface area contributed by atoms with E-state index in [1.165, 1.54) is 25.7 Å². The average Bonchev–Trinajstić information content (AvgIpc) is 2.76. The first-order valence-electron chi connectivity index (χ1n) is 8.77. The standard InChI is InChI=1S/C19H29NO/c1-18-9-7-13(20)11-12(18)3-4-14-15-5-6-17(21)19(15,2)10-8-16(14)18/h3,7,9,13-17,21H,4-6,8,10-11,20H2,1-2H3/t13-,14-,15-,16-,17-,18-,19-/m0/s1. The van der Waals surface area contributed by atoms with E-state index < -0.39 is 0 Å². The van der Waals surface area contributed by atoms with Crippen molar-refractivity contribution in [3.63, 3.8) is 0 Å². The molecule has 0 amide bonds. The zero-order valence-corrected chi connectivity index (χ0v) is 13.4. The summed E-state index contributed by atoms with van der Waals surface area (Å²) in [5.41, 5.74) is 8.12. The molecular formula is C19H29NO. The summed E-state index contributed by atoms with van der Waals surface area (Å²) in [6.07, 6.45) is 14.0. The third-order valence-corrected chi connectivity index (χ3v) is 7.63. The lowest BCUT2D eigenvalue weighted by Gasteiger charge is -2.56. The highest BCUT2D eigenvalue weighted by Gasteiger charge is 2.57. The Hall–Kier alpha value is -0.600. The topological polar surface area (TPSA) is 46.2 Å². The third kappa shape index (κ3) is 1.78. The Balaban J connectivity index is 1.71. The van der Waals surface area contributed by atoms with E-state index in [0.29, 0.717) is 5.92 Å². The molecule has 0 radical (unpaired) electrons. The molecule has 0 heterocycles. The van der Waals surface area contributed by atoms with Crippen molar-refractivity contribution in [3.8, 4) is 0 Å². The molecule has 0 unspecified atom stereocenters. The lowest BCUT2D eigenvalue weighted by Crippen LogP contribution is -2.50. The number of fused-ring (bicyclic) bond motifs is 5. The molecule has 7 atom stereocenters. The molecule has 2 heteroatoms. The van der Waals surface area contributed by atoms with Crippen LogP contribution in [0, 0.1) is 28.6 Å². The van der Waals surface area contributed by atoms with Crippen molar-refractivity contribution in [2.24, 2.45) is 34.3 Å². The van der Waals surface area contributed by atoms with Gasteiger partial charge >= 0.3 is 0 Å². The monoisotopic (exact) mass is 287 g/mol. The van der Waals surface area contributed by atoms with Crippen molar-refractivity contribution in [3.05, 3.63) is 23.8 Å². The molecule has 0 aromatic heterocycles. The minimum Gasteiger partial charge on any atom is -0.393 e. The number of allylic oxidation sites excluding steroid dienone is 2. The van der Waals surface area contributed by atoms with Gasteiger partial charge in [0.25, 0.3) is 0 Å². The highest BCUT2D eigenvalue weighted by Crippen LogP contribution is 2.63. The predicted molar refractivity (Wildman–Crippen MR) is 85.6 cm³/mol. The molecule has 0 aromatic carbocycles. The number of hydrogen-bond donors (Lipinski definition) is 2. The van der Waals surface area contributed by atoms with Crippen LogP contribution in [0.1, 0.15) is 52.4 Å². The largest absolute Gasteiger partial charge is 0.393 e. The van der Waals surface area contributed by atoms with E-state index in [-0.39, 0.29) is 23.0 Å². The van der Waals surface area contributed by atoms with E-state index in [0.717, 1.165) is 24.7 Å².